The molecule has 6 heteroatoms. The molecule has 6 nitrogen and oxygen atoms in total. The first kappa shape index (κ1) is 45.4. The van der Waals surface area contributed by atoms with Crippen LogP contribution in [0.1, 0.15) is 27.2 Å². The smallest absolute Gasteiger partial charge is 0.333 e. The lowest BCUT2D eigenvalue weighted by molar-refractivity contribution is -0.136. The number of esters is 1. The van der Waals surface area contributed by atoms with Crippen molar-refractivity contribution < 1.29 is 29.0 Å². The molecular weight excluding hydrogens is 396 g/mol. The summed E-state index contributed by atoms with van der Waals surface area (Å²) >= 11 is 0. The zero-order valence-corrected chi connectivity index (χ0v) is 17.5. The van der Waals surface area contributed by atoms with Gasteiger partial charge in [-0.25, -0.2) is 4.79 Å². The SMILES string of the molecule is C.C#C.C#CC#C.C=C.C=C(C)C=O.C=C1CCOC1=O.C=CC=O.C=CCC(=O)O. The second-order valence-corrected chi connectivity index (χ2v) is 4.00. The van der Waals surface area contributed by atoms with Crippen molar-refractivity contribution in [2.24, 2.45) is 0 Å². The van der Waals surface area contributed by atoms with E-state index in [0.29, 0.717) is 30.5 Å². The second-order valence-electron chi connectivity index (χ2n) is 4.00. The Kier molecular flexibility index (Phi) is 73.3. The Morgan fingerprint density at radius 2 is 1.55 bits per heavy atom. The van der Waals surface area contributed by atoms with E-state index in [1.165, 1.54) is 12.2 Å². The molecule has 0 radical (unpaired) electrons. The zero-order chi connectivity index (χ0) is 25.4. The number of terminal acetylenes is 3. The minimum atomic E-state index is -0.829. The Bertz CT molecular complexity index is 593. The van der Waals surface area contributed by atoms with E-state index in [-0.39, 0.29) is 19.8 Å². The van der Waals surface area contributed by atoms with Crippen LogP contribution in [0.25, 0.3) is 0 Å². The fourth-order valence-corrected chi connectivity index (χ4v) is 0.595. The van der Waals surface area contributed by atoms with E-state index in [1.807, 2.05) is 11.8 Å². The van der Waals surface area contributed by atoms with Gasteiger partial charge in [0.2, 0.25) is 0 Å². The van der Waals surface area contributed by atoms with E-state index in [4.69, 9.17) is 9.90 Å². The van der Waals surface area contributed by atoms with Crippen LogP contribution < -0.4 is 0 Å². The highest BCUT2D eigenvalue weighted by Gasteiger charge is 2.14. The van der Waals surface area contributed by atoms with Crippen molar-refractivity contribution in [1.29, 1.82) is 0 Å². The van der Waals surface area contributed by atoms with Crippen molar-refractivity contribution in [1.82, 2.24) is 0 Å². The highest BCUT2D eigenvalue weighted by Crippen LogP contribution is 2.08. The molecule has 0 unspecified atom stereocenters. The van der Waals surface area contributed by atoms with E-state index in [1.54, 1.807) is 6.92 Å². The molecule has 0 atom stereocenters. The molecule has 1 saturated heterocycles. The van der Waals surface area contributed by atoms with Gasteiger partial charge in [-0.3, -0.25) is 14.4 Å². The standard InChI is InChI=1S/C5H6O2.C4H6O2.C4H6O.C4H2.C3H4O.C2H4.C2H2.CH4/c1-4-2-3-7-5(4)6;1-2-3-4(5)6;1-4(2)3-5;1-3-4-2;1-2-3-4;2*1-2;/h1-3H2;2H,1,3H2,(H,5,6);3H,1H2,2H3;1-2H;2-3H,1H2;1-2H2;1-2H;1H4. The number of ether oxygens (including phenoxy) is 1. The minimum absolute atomic E-state index is 0. The van der Waals surface area contributed by atoms with Crippen molar-refractivity contribution in [3.8, 4) is 37.5 Å². The lowest BCUT2D eigenvalue weighted by Crippen LogP contribution is -1.91. The van der Waals surface area contributed by atoms with Crippen LogP contribution in [0.15, 0.2) is 62.8 Å². The number of carbonyl (C=O) groups excluding carboxylic acids is 3. The molecule has 1 rings (SSSR count). The molecule has 0 aliphatic carbocycles. The maximum absolute atomic E-state index is 10.3. The number of allylic oxidation sites excluding steroid dienone is 2. The van der Waals surface area contributed by atoms with Gasteiger partial charge >= 0.3 is 11.9 Å². The van der Waals surface area contributed by atoms with E-state index in [9.17, 15) is 14.4 Å². The van der Waals surface area contributed by atoms with Gasteiger partial charge in [-0.15, -0.1) is 45.4 Å². The van der Waals surface area contributed by atoms with Crippen LogP contribution in [-0.4, -0.2) is 36.2 Å². The number of cyclic esters (lactones) is 1. The third-order valence-electron chi connectivity index (χ3n) is 1.63. The highest BCUT2D eigenvalue weighted by atomic mass is 16.5. The molecule has 0 bridgehead atoms. The van der Waals surface area contributed by atoms with Crippen LogP contribution >= 0.6 is 0 Å². The Labute approximate surface area is 188 Å². The predicted octanol–water partition coefficient (Wildman–Crippen LogP) is 4.21. The summed E-state index contributed by atoms with van der Waals surface area (Å²) in [5.41, 5.74) is 1.17. The summed E-state index contributed by atoms with van der Waals surface area (Å²) in [4.78, 5) is 38.2. The van der Waals surface area contributed by atoms with Crippen molar-refractivity contribution in [3.05, 3.63) is 62.8 Å². The summed E-state index contributed by atoms with van der Waals surface area (Å²) in [6, 6.07) is 0. The van der Waals surface area contributed by atoms with Crippen LogP contribution in [0, 0.1) is 37.5 Å². The molecule has 0 saturated carbocycles. The topological polar surface area (TPSA) is 97.7 Å². The maximum atomic E-state index is 10.3. The molecule has 0 aromatic carbocycles. The molecule has 1 N–H and O–H groups in total. The molecule has 0 aromatic heterocycles. The number of aliphatic carboxylic acids is 1. The number of hydrogen-bond acceptors (Lipinski definition) is 5. The van der Waals surface area contributed by atoms with Gasteiger partial charge in [0, 0.05) is 12.0 Å². The molecule has 31 heavy (non-hydrogen) atoms. The van der Waals surface area contributed by atoms with Gasteiger partial charge in [0.05, 0.1) is 13.0 Å². The molecule has 170 valence electrons. The van der Waals surface area contributed by atoms with Gasteiger partial charge in [0.25, 0.3) is 0 Å². The number of aldehydes is 2. The largest absolute Gasteiger partial charge is 0.481 e. The third kappa shape index (κ3) is 89.6. The van der Waals surface area contributed by atoms with Gasteiger partial charge in [-0.2, -0.15) is 0 Å². The predicted molar refractivity (Wildman–Crippen MR) is 130 cm³/mol. The molecular formula is C25H34O6. The first-order valence-electron chi connectivity index (χ1n) is 7.77. The first-order valence-corrected chi connectivity index (χ1v) is 7.77. The average molecular weight is 431 g/mol. The minimum Gasteiger partial charge on any atom is -0.481 e. The summed E-state index contributed by atoms with van der Waals surface area (Å²) in [7, 11) is 0. The van der Waals surface area contributed by atoms with Crippen LogP contribution in [-0.2, 0) is 23.9 Å². The summed E-state index contributed by atoms with van der Waals surface area (Å²) in [5, 5.41) is 7.84. The average Bonchev–Trinajstić information content (AvgIpc) is 3.14. The Balaban J connectivity index is -0.0000000450. The number of carboxylic acids is 1. The lowest BCUT2D eigenvalue weighted by Gasteiger charge is -1.82. The van der Waals surface area contributed by atoms with Crippen LogP contribution in [0.5, 0.6) is 0 Å². The first-order chi connectivity index (χ1) is 14.2. The number of hydrogen-bond donors (Lipinski definition) is 1. The van der Waals surface area contributed by atoms with Crippen molar-refractivity contribution in [2.45, 2.75) is 27.2 Å². The Morgan fingerprint density at radius 3 is 1.58 bits per heavy atom. The van der Waals surface area contributed by atoms with Gasteiger partial charge in [-0.05, 0) is 30.4 Å². The fraction of sp³-hybridized carbons (Fsp3) is 0.200. The Morgan fingerprint density at radius 1 is 1.19 bits per heavy atom. The quantitative estimate of drug-likeness (QED) is 0.236. The lowest BCUT2D eigenvalue weighted by atomic mass is 10.3. The number of carbonyl (C=O) groups is 4. The highest BCUT2D eigenvalue weighted by molar-refractivity contribution is 5.89. The molecule has 0 spiro atoms. The molecule has 1 aliphatic rings. The molecule has 0 amide bonds. The van der Waals surface area contributed by atoms with Gasteiger partial charge in [-0.1, -0.05) is 33.2 Å². The van der Waals surface area contributed by atoms with Crippen LogP contribution in [0.2, 0.25) is 0 Å². The van der Waals surface area contributed by atoms with Crippen molar-refractivity contribution in [2.75, 3.05) is 6.61 Å². The molecule has 1 heterocycles. The second kappa shape index (κ2) is 50.0. The molecule has 0 aromatic rings. The van der Waals surface area contributed by atoms with Crippen molar-refractivity contribution >= 4 is 24.5 Å². The fourth-order valence-electron chi connectivity index (χ4n) is 0.595. The molecule has 1 fully saturated rings. The van der Waals surface area contributed by atoms with E-state index in [2.05, 4.69) is 69.9 Å². The number of carboxylic acid groups (broad SMARTS) is 1. The van der Waals surface area contributed by atoms with Crippen molar-refractivity contribution in [3.63, 3.8) is 0 Å². The van der Waals surface area contributed by atoms with Gasteiger partial charge in [0.1, 0.15) is 12.6 Å². The van der Waals surface area contributed by atoms with E-state index >= 15 is 0 Å². The monoisotopic (exact) mass is 430 g/mol. The summed E-state index contributed by atoms with van der Waals surface area (Å²) in [6.45, 7) is 21.3. The maximum Gasteiger partial charge on any atom is 0.333 e. The Hall–Kier alpha value is -4.34. The normalized spacial score (nSPS) is 8.16. The summed E-state index contributed by atoms with van der Waals surface area (Å²) in [5.74, 6) is 2.85. The van der Waals surface area contributed by atoms with E-state index in [0.717, 1.165) is 6.29 Å². The van der Waals surface area contributed by atoms with Gasteiger partial charge < -0.3 is 9.84 Å². The van der Waals surface area contributed by atoms with Gasteiger partial charge in [0.15, 0.2) is 0 Å². The zero-order valence-electron chi connectivity index (χ0n) is 17.5. The number of rotatable bonds is 4. The van der Waals surface area contributed by atoms with Crippen LogP contribution in [0.3, 0.4) is 0 Å². The molecule has 1 aliphatic heterocycles. The summed E-state index contributed by atoms with van der Waals surface area (Å²) in [6.07, 6.45) is 21.8. The third-order valence-corrected chi connectivity index (χ3v) is 1.63. The van der Waals surface area contributed by atoms with E-state index < -0.39 is 5.97 Å². The van der Waals surface area contributed by atoms with Crippen LogP contribution in [0.4, 0.5) is 0 Å². The summed E-state index contributed by atoms with van der Waals surface area (Å²) < 4.78 is 4.53.